The minimum atomic E-state index is -3.59. The Morgan fingerprint density at radius 3 is 2.80 bits per heavy atom. The quantitative estimate of drug-likeness (QED) is 0.819. The van der Waals surface area contributed by atoms with Gasteiger partial charge in [0.15, 0.2) is 0 Å². The van der Waals surface area contributed by atoms with Crippen LogP contribution in [-0.2, 0) is 21.4 Å². The van der Waals surface area contributed by atoms with E-state index in [1.807, 2.05) is 6.07 Å². The van der Waals surface area contributed by atoms with Crippen molar-refractivity contribution in [3.05, 3.63) is 29.3 Å². The topological polar surface area (TPSA) is 92.5 Å². The SMILES string of the molecule is Cc1ccc(CN)cc1S(=O)(=O)N1CCNC(=O)CC1. The summed E-state index contributed by atoms with van der Waals surface area (Å²) in [4.78, 5) is 11.6. The second-order valence-electron chi connectivity index (χ2n) is 4.81. The van der Waals surface area contributed by atoms with E-state index in [4.69, 9.17) is 5.73 Å². The summed E-state index contributed by atoms with van der Waals surface area (Å²) in [6.07, 6.45) is 0.189. The number of carbonyl (C=O) groups is 1. The Morgan fingerprint density at radius 1 is 1.35 bits per heavy atom. The molecule has 3 N–H and O–H groups in total. The molecule has 1 aliphatic heterocycles. The maximum atomic E-state index is 12.7. The molecule has 1 fully saturated rings. The molecule has 6 nitrogen and oxygen atoms in total. The Balaban J connectivity index is 2.36. The molecule has 110 valence electrons. The third-order valence-electron chi connectivity index (χ3n) is 3.38. The highest BCUT2D eigenvalue weighted by molar-refractivity contribution is 7.89. The summed E-state index contributed by atoms with van der Waals surface area (Å²) >= 11 is 0. The first kappa shape index (κ1) is 15.0. The lowest BCUT2D eigenvalue weighted by atomic mass is 10.1. The number of carbonyl (C=O) groups excluding carboxylic acids is 1. The number of nitrogens with one attached hydrogen (secondary N) is 1. The van der Waals surface area contributed by atoms with E-state index < -0.39 is 10.0 Å². The van der Waals surface area contributed by atoms with Crippen molar-refractivity contribution in [3.8, 4) is 0 Å². The van der Waals surface area contributed by atoms with Crippen molar-refractivity contribution in [1.29, 1.82) is 0 Å². The van der Waals surface area contributed by atoms with Crippen molar-refractivity contribution in [1.82, 2.24) is 9.62 Å². The molecule has 2 rings (SSSR count). The number of hydrogen-bond acceptors (Lipinski definition) is 4. The van der Waals surface area contributed by atoms with E-state index in [0.717, 1.165) is 5.56 Å². The highest BCUT2D eigenvalue weighted by atomic mass is 32.2. The van der Waals surface area contributed by atoms with Gasteiger partial charge in [-0.2, -0.15) is 4.31 Å². The predicted octanol–water partition coefficient (Wildman–Crippen LogP) is -0.0357. The molecule has 0 radical (unpaired) electrons. The maximum Gasteiger partial charge on any atom is 0.243 e. The van der Waals surface area contributed by atoms with Gasteiger partial charge in [0.25, 0.3) is 0 Å². The van der Waals surface area contributed by atoms with Gasteiger partial charge in [-0.05, 0) is 24.1 Å². The second kappa shape index (κ2) is 5.90. The fraction of sp³-hybridized carbons (Fsp3) is 0.462. The van der Waals surface area contributed by atoms with Crippen molar-refractivity contribution >= 4 is 15.9 Å². The number of rotatable bonds is 3. The molecule has 0 saturated carbocycles. The van der Waals surface area contributed by atoms with Gasteiger partial charge in [-0.1, -0.05) is 12.1 Å². The lowest BCUT2D eigenvalue weighted by Crippen LogP contribution is -2.34. The van der Waals surface area contributed by atoms with Crippen LogP contribution in [0, 0.1) is 6.92 Å². The summed E-state index contributed by atoms with van der Waals surface area (Å²) in [5, 5.41) is 2.67. The van der Waals surface area contributed by atoms with Crippen LogP contribution in [0.15, 0.2) is 23.1 Å². The van der Waals surface area contributed by atoms with Crippen molar-refractivity contribution in [2.24, 2.45) is 5.73 Å². The smallest absolute Gasteiger partial charge is 0.243 e. The molecule has 1 aliphatic rings. The van der Waals surface area contributed by atoms with Gasteiger partial charge in [0.2, 0.25) is 15.9 Å². The van der Waals surface area contributed by atoms with Gasteiger partial charge in [0.1, 0.15) is 0 Å². The summed E-state index contributed by atoms with van der Waals surface area (Å²) in [6.45, 7) is 2.89. The number of nitrogens with two attached hydrogens (primary N) is 1. The van der Waals surface area contributed by atoms with E-state index in [2.05, 4.69) is 5.32 Å². The van der Waals surface area contributed by atoms with Gasteiger partial charge in [-0.3, -0.25) is 4.79 Å². The number of sulfonamides is 1. The number of amides is 1. The minimum absolute atomic E-state index is 0.116. The molecule has 7 heteroatoms. The average Bonchev–Trinajstić information content (AvgIpc) is 2.64. The lowest BCUT2D eigenvalue weighted by molar-refractivity contribution is -0.120. The van der Waals surface area contributed by atoms with Crippen LogP contribution in [0.1, 0.15) is 17.5 Å². The summed E-state index contributed by atoms with van der Waals surface area (Å²) < 4.78 is 26.7. The summed E-state index contributed by atoms with van der Waals surface area (Å²) in [5.41, 5.74) is 7.03. The van der Waals surface area contributed by atoms with Crippen LogP contribution in [0.25, 0.3) is 0 Å². The molecule has 0 atom stereocenters. The Hall–Kier alpha value is -1.44. The Kier molecular flexibility index (Phi) is 4.42. The van der Waals surface area contributed by atoms with Crippen LogP contribution >= 0.6 is 0 Å². The van der Waals surface area contributed by atoms with E-state index in [9.17, 15) is 13.2 Å². The highest BCUT2D eigenvalue weighted by Crippen LogP contribution is 2.22. The fourth-order valence-corrected chi connectivity index (χ4v) is 3.89. The third kappa shape index (κ3) is 3.00. The van der Waals surface area contributed by atoms with Gasteiger partial charge in [0, 0.05) is 32.6 Å². The number of benzene rings is 1. The molecular formula is C13H19N3O3S. The molecule has 1 heterocycles. The van der Waals surface area contributed by atoms with Crippen LogP contribution in [0.2, 0.25) is 0 Å². The second-order valence-corrected chi connectivity index (χ2v) is 6.71. The zero-order chi connectivity index (χ0) is 14.8. The summed E-state index contributed by atoms with van der Waals surface area (Å²) in [6, 6.07) is 5.20. The molecule has 0 bridgehead atoms. The molecule has 1 aromatic rings. The molecule has 20 heavy (non-hydrogen) atoms. The molecule has 0 aromatic heterocycles. The molecule has 1 saturated heterocycles. The first-order valence-electron chi connectivity index (χ1n) is 6.51. The fourth-order valence-electron chi connectivity index (χ4n) is 2.18. The zero-order valence-corrected chi connectivity index (χ0v) is 12.2. The molecule has 1 aromatic carbocycles. The molecule has 0 aliphatic carbocycles. The lowest BCUT2D eigenvalue weighted by Gasteiger charge is -2.20. The van der Waals surface area contributed by atoms with Gasteiger partial charge in [-0.25, -0.2) is 8.42 Å². The van der Waals surface area contributed by atoms with E-state index in [-0.39, 0.29) is 23.8 Å². The number of nitrogens with zero attached hydrogens (tertiary/aromatic N) is 1. The normalized spacial score (nSPS) is 17.6. The Bertz CT molecular complexity index is 613. The summed E-state index contributed by atoms with van der Waals surface area (Å²) in [5.74, 6) is -0.116. The van der Waals surface area contributed by atoms with Crippen LogP contribution in [0.5, 0.6) is 0 Å². The van der Waals surface area contributed by atoms with Crippen LogP contribution in [0.3, 0.4) is 0 Å². The number of aryl methyl sites for hydroxylation is 1. The first-order chi connectivity index (χ1) is 9.45. The first-order valence-corrected chi connectivity index (χ1v) is 7.95. The van der Waals surface area contributed by atoms with Crippen LogP contribution in [-0.4, -0.2) is 38.3 Å². The Morgan fingerprint density at radius 2 is 2.10 bits per heavy atom. The highest BCUT2D eigenvalue weighted by Gasteiger charge is 2.28. The monoisotopic (exact) mass is 297 g/mol. The largest absolute Gasteiger partial charge is 0.355 e. The Labute approximate surface area is 119 Å². The van der Waals surface area contributed by atoms with Crippen LogP contribution in [0.4, 0.5) is 0 Å². The van der Waals surface area contributed by atoms with E-state index in [1.165, 1.54) is 4.31 Å². The molecular weight excluding hydrogens is 278 g/mol. The van der Waals surface area contributed by atoms with Gasteiger partial charge in [0.05, 0.1) is 4.90 Å². The van der Waals surface area contributed by atoms with Crippen molar-refractivity contribution in [3.63, 3.8) is 0 Å². The zero-order valence-electron chi connectivity index (χ0n) is 11.4. The van der Waals surface area contributed by atoms with Crippen molar-refractivity contribution < 1.29 is 13.2 Å². The van der Waals surface area contributed by atoms with Gasteiger partial charge >= 0.3 is 0 Å². The van der Waals surface area contributed by atoms with Gasteiger partial charge in [-0.15, -0.1) is 0 Å². The van der Waals surface area contributed by atoms with Crippen molar-refractivity contribution in [2.75, 3.05) is 19.6 Å². The van der Waals surface area contributed by atoms with Crippen LogP contribution < -0.4 is 11.1 Å². The number of hydrogen-bond donors (Lipinski definition) is 2. The minimum Gasteiger partial charge on any atom is -0.355 e. The van der Waals surface area contributed by atoms with E-state index >= 15 is 0 Å². The maximum absolute atomic E-state index is 12.7. The average molecular weight is 297 g/mol. The predicted molar refractivity (Wildman–Crippen MR) is 75.5 cm³/mol. The molecule has 0 unspecified atom stereocenters. The molecule has 1 amide bonds. The van der Waals surface area contributed by atoms with E-state index in [0.29, 0.717) is 25.2 Å². The van der Waals surface area contributed by atoms with E-state index in [1.54, 1.807) is 19.1 Å². The van der Waals surface area contributed by atoms with Gasteiger partial charge < -0.3 is 11.1 Å². The summed E-state index contributed by atoms with van der Waals surface area (Å²) in [7, 11) is -3.59. The standard InChI is InChI=1S/C13H19N3O3S/c1-10-2-3-11(9-14)8-12(10)20(18,19)16-6-4-13(17)15-5-7-16/h2-3,8H,4-7,9,14H2,1H3,(H,15,17). The molecule has 0 spiro atoms. The van der Waals surface area contributed by atoms with Crippen molar-refractivity contribution in [2.45, 2.75) is 24.8 Å². The third-order valence-corrected chi connectivity index (χ3v) is 5.42.